The number of halogens is 2. The molecular weight excluding hydrogens is 378 g/mol. The van der Waals surface area contributed by atoms with Gasteiger partial charge in [0, 0.05) is 37.6 Å². The molecule has 2 amide bonds. The standard InChI is InChI=1S/C21H20F2N4O2/c22-15-6-7-17(16(23)12-15)24-18(28)13-27-10-8-21(9-11-27)25-19(20(29)26-21)14-4-2-1-3-5-14/h1-7,12H,8-11,13H2,(H,24,28)(H,26,29). The van der Waals surface area contributed by atoms with Gasteiger partial charge in [0.25, 0.3) is 5.91 Å². The summed E-state index contributed by atoms with van der Waals surface area (Å²) < 4.78 is 26.6. The van der Waals surface area contributed by atoms with Crippen molar-refractivity contribution in [1.82, 2.24) is 10.2 Å². The maximum Gasteiger partial charge on any atom is 0.272 e. The molecule has 0 bridgehead atoms. The van der Waals surface area contributed by atoms with E-state index in [-0.39, 0.29) is 24.0 Å². The molecular formula is C21H20F2N4O2. The van der Waals surface area contributed by atoms with Crippen molar-refractivity contribution in [3.05, 3.63) is 65.7 Å². The third-order valence-electron chi connectivity index (χ3n) is 5.19. The van der Waals surface area contributed by atoms with Crippen LogP contribution in [0.4, 0.5) is 14.5 Å². The van der Waals surface area contributed by atoms with Gasteiger partial charge in [-0.15, -0.1) is 0 Å². The highest BCUT2D eigenvalue weighted by Gasteiger charge is 2.42. The van der Waals surface area contributed by atoms with Crippen LogP contribution in [-0.4, -0.2) is 47.7 Å². The molecule has 0 aliphatic carbocycles. The average molecular weight is 398 g/mol. The largest absolute Gasteiger partial charge is 0.326 e. The Bertz CT molecular complexity index is 970. The van der Waals surface area contributed by atoms with E-state index in [0.29, 0.717) is 31.6 Å². The Balaban J connectivity index is 1.35. The quantitative estimate of drug-likeness (QED) is 0.830. The number of hydrogen-bond acceptors (Lipinski definition) is 4. The summed E-state index contributed by atoms with van der Waals surface area (Å²) in [6.45, 7) is 1.20. The zero-order valence-corrected chi connectivity index (χ0v) is 15.6. The number of carbonyl (C=O) groups is 2. The van der Waals surface area contributed by atoms with Gasteiger partial charge >= 0.3 is 0 Å². The molecule has 4 rings (SSSR count). The minimum atomic E-state index is -0.813. The summed E-state index contributed by atoms with van der Waals surface area (Å²) in [5, 5.41) is 5.45. The monoisotopic (exact) mass is 398 g/mol. The summed E-state index contributed by atoms with van der Waals surface area (Å²) in [4.78, 5) is 31.2. The van der Waals surface area contributed by atoms with Crippen LogP contribution in [0.3, 0.4) is 0 Å². The number of nitrogens with one attached hydrogen (secondary N) is 2. The van der Waals surface area contributed by atoms with Crippen LogP contribution < -0.4 is 10.6 Å². The number of likely N-dealkylation sites (tertiary alicyclic amines) is 1. The molecule has 1 saturated heterocycles. The van der Waals surface area contributed by atoms with E-state index >= 15 is 0 Å². The molecule has 2 aliphatic rings. The van der Waals surface area contributed by atoms with E-state index in [0.717, 1.165) is 17.7 Å². The highest BCUT2D eigenvalue weighted by Crippen LogP contribution is 2.28. The molecule has 2 heterocycles. The molecule has 2 N–H and O–H groups in total. The summed E-state index contributed by atoms with van der Waals surface area (Å²) >= 11 is 0. The van der Waals surface area contributed by atoms with Crippen LogP contribution in [0, 0.1) is 11.6 Å². The number of anilines is 1. The van der Waals surface area contributed by atoms with Crippen molar-refractivity contribution in [1.29, 1.82) is 0 Å². The predicted molar refractivity (Wildman–Crippen MR) is 105 cm³/mol. The maximum absolute atomic E-state index is 13.7. The number of rotatable bonds is 4. The third kappa shape index (κ3) is 4.17. The molecule has 0 unspecified atom stereocenters. The molecule has 8 heteroatoms. The molecule has 0 atom stereocenters. The topological polar surface area (TPSA) is 73.8 Å². The minimum Gasteiger partial charge on any atom is -0.326 e. The van der Waals surface area contributed by atoms with E-state index in [2.05, 4.69) is 15.6 Å². The second-order valence-corrected chi connectivity index (χ2v) is 7.26. The van der Waals surface area contributed by atoms with Crippen molar-refractivity contribution in [3.63, 3.8) is 0 Å². The van der Waals surface area contributed by atoms with Crippen molar-refractivity contribution < 1.29 is 18.4 Å². The maximum atomic E-state index is 13.7. The van der Waals surface area contributed by atoms with Gasteiger partial charge in [-0.25, -0.2) is 8.78 Å². The van der Waals surface area contributed by atoms with Gasteiger partial charge in [-0.05, 0) is 12.1 Å². The highest BCUT2D eigenvalue weighted by atomic mass is 19.1. The first-order valence-electron chi connectivity index (χ1n) is 9.39. The summed E-state index contributed by atoms with van der Waals surface area (Å²) in [6, 6.07) is 12.3. The van der Waals surface area contributed by atoms with Crippen molar-refractivity contribution in [2.24, 2.45) is 4.99 Å². The van der Waals surface area contributed by atoms with E-state index in [1.165, 1.54) is 6.07 Å². The molecule has 2 aliphatic heterocycles. The van der Waals surface area contributed by atoms with Gasteiger partial charge in [0.15, 0.2) is 0 Å². The highest BCUT2D eigenvalue weighted by molar-refractivity contribution is 6.46. The molecule has 2 aromatic rings. The van der Waals surface area contributed by atoms with E-state index in [9.17, 15) is 18.4 Å². The Morgan fingerprint density at radius 3 is 2.55 bits per heavy atom. The van der Waals surface area contributed by atoms with E-state index in [1.54, 1.807) is 0 Å². The number of piperidine rings is 1. The lowest BCUT2D eigenvalue weighted by Crippen LogP contribution is -2.52. The smallest absolute Gasteiger partial charge is 0.272 e. The number of aliphatic imine (C=N–C) groups is 1. The Hall–Kier alpha value is -3.13. The van der Waals surface area contributed by atoms with Crippen LogP contribution in [0.2, 0.25) is 0 Å². The number of benzene rings is 2. The van der Waals surface area contributed by atoms with Crippen LogP contribution in [0.15, 0.2) is 53.5 Å². The number of nitrogens with zero attached hydrogens (tertiary/aromatic N) is 2. The fraction of sp³-hybridized carbons (Fsp3) is 0.286. The molecule has 6 nitrogen and oxygen atoms in total. The summed E-state index contributed by atoms with van der Waals surface area (Å²) in [5.41, 5.74) is 0.525. The Morgan fingerprint density at radius 1 is 1.14 bits per heavy atom. The normalized spacial score (nSPS) is 18.4. The van der Waals surface area contributed by atoms with E-state index in [1.807, 2.05) is 35.2 Å². The Labute approximate surface area is 166 Å². The second-order valence-electron chi connectivity index (χ2n) is 7.26. The first kappa shape index (κ1) is 19.2. The molecule has 0 saturated carbocycles. The lowest BCUT2D eigenvalue weighted by atomic mass is 9.98. The molecule has 1 spiro atoms. The minimum absolute atomic E-state index is 0.0509. The van der Waals surface area contributed by atoms with Crippen molar-refractivity contribution in [2.45, 2.75) is 18.5 Å². The summed E-state index contributed by atoms with van der Waals surface area (Å²) in [6.07, 6.45) is 1.15. The average Bonchev–Trinajstić information content (AvgIpc) is 3.03. The zero-order valence-electron chi connectivity index (χ0n) is 15.6. The third-order valence-corrected chi connectivity index (χ3v) is 5.19. The molecule has 150 valence electrons. The number of amides is 2. The van der Waals surface area contributed by atoms with Crippen LogP contribution in [0.1, 0.15) is 18.4 Å². The lowest BCUT2D eigenvalue weighted by molar-refractivity contribution is -0.119. The molecule has 2 aromatic carbocycles. The summed E-state index contributed by atoms with van der Waals surface area (Å²) in [7, 11) is 0. The van der Waals surface area contributed by atoms with Crippen molar-refractivity contribution in [3.8, 4) is 0 Å². The van der Waals surface area contributed by atoms with Crippen LogP contribution in [0.25, 0.3) is 0 Å². The molecule has 1 fully saturated rings. The van der Waals surface area contributed by atoms with Crippen LogP contribution >= 0.6 is 0 Å². The zero-order chi connectivity index (χ0) is 20.4. The van der Waals surface area contributed by atoms with Crippen LogP contribution in [0.5, 0.6) is 0 Å². The number of hydrogen-bond donors (Lipinski definition) is 2. The number of carbonyl (C=O) groups excluding carboxylic acids is 2. The van der Waals surface area contributed by atoms with Gasteiger partial charge in [0.05, 0.1) is 12.2 Å². The van der Waals surface area contributed by atoms with Gasteiger partial charge in [-0.1, -0.05) is 30.3 Å². The Morgan fingerprint density at radius 2 is 1.86 bits per heavy atom. The van der Waals surface area contributed by atoms with Gasteiger partial charge in [-0.3, -0.25) is 19.5 Å². The SMILES string of the molecule is O=C(CN1CCC2(CC1)N=C(c1ccccc1)C(=O)N2)Nc1ccc(F)cc1F. The first-order valence-corrected chi connectivity index (χ1v) is 9.39. The van der Waals surface area contributed by atoms with Gasteiger partial charge in [-0.2, -0.15) is 0 Å². The van der Waals surface area contributed by atoms with E-state index in [4.69, 9.17) is 0 Å². The van der Waals surface area contributed by atoms with Crippen molar-refractivity contribution in [2.75, 3.05) is 25.0 Å². The predicted octanol–water partition coefficient (Wildman–Crippen LogP) is 2.31. The molecule has 0 radical (unpaired) electrons. The van der Waals surface area contributed by atoms with Gasteiger partial charge in [0.2, 0.25) is 5.91 Å². The first-order chi connectivity index (χ1) is 13.9. The van der Waals surface area contributed by atoms with E-state index < -0.39 is 17.3 Å². The van der Waals surface area contributed by atoms with Gasteiger partial charge in [0.1, 0.15) is 23.0 Å². The lowest BCUT2D eigenvalue weighted by Gasteiger charge is -2.36. The molecule has 0 aromatic heterocycles. The fourth-order valence-electron chi connectivity index (χ4n) is 3.66. The van der Waals surface area contributed by atoms with Crippen molar-refractivity contribution >= 4 is 23.2 Å². The van der Waals surface area contributed by atoms with Crippen LogP contribution in [-0.2, 0) is 9.59 Å². The summed E-state index contributed by atoms with van der Waals surface area (Å²) in [5.74, 6) is -2.08. The van der Waals surface area contributed by atoms with Gasteiger partial charge < -0.3 is 10.6 Å². The fourth-order valence-corrected chi connectivity index (χ4v) is 3.66. The Kier molecular flexibility index (Phi) is 5.10. The molecule has 29 heavy (non-hydrogen) atoms. The second kappa shape index (κ2) is 7.71.